The molecule has 2 aromatic heterocycles. The number of nitrogens with zero attached hydrogens (tertiary/aromatic N) is 4. The van der Waals surface area contributed by atoms with Crippen molar-refractivity contribution in [3.8, 4) is 0 Å². The molecular formula is C25H41N7O4. The van der Waals surface area contributed by atoms with Gasteiger partial charge in [-0.1, -0.05) is 32.9 Å². The summed E-state index contributed by atoms with van der Waals surface area (Å²) in [5, 5.41) is 14.0. The van der Waals surface area contributed by atoms with E-state index >= 15 is 0 Å². The monoisotopic (exact) mass is 503 g/mol. The highest BCUT2D eigenvalue weighted by Crippen LogP contribution is 2.24. The van der Waals surface area contributed by atoms with Gasteiger partial charge in [0.2, 0.25) is 11.8 Å². The molecule has 0 bridgehead atoms. The van der Waals surface area contributed by atoms with Gasteiger partial charge in [-0.15, -0.1) is 5.10 Å². The molecule has 0 saturated carbocycles. The van der Waals surface area contributed by atoms with Crippen molar-refractivity contribution in [2.45, 2.75) is 97.7 Å². The summed E-state index contributed by atoms with van der Waals surface area (Å²) in [4.78, 5) is 31.9. The number of H-pyrrole nitrogens is 1. The second-order valence-corrected chi connectivity index (χ2v) is 10.2. The van der Waals surface area contributed by atoms with Crippen molar-refractivity contribution in [3.63, 3.8) is 0 Å². The predicted molar refractivity (Wildman–Crippen MR) is 133 cm³/mol. The summed E-state index contributed by atoms with van der Waals surface area (Å²) in [6.07, 6.45) is 10.6. The Morgan fingerprint density at radius 2 is 2.08 bits per heavy atom. The van der Waals surface area contributed by atoms with Crippen LogP contribution in [0.15, 0.2) is 18.7 Å². The molecule has 11 nitrogen and oxygen atoms in total. The maximum absolute atomic E-state index is 12.8. The van der Waals surface area contributed by atoms with Gasteiger partial charge in [0.1, 0.15) is 11.7 Å². The average molecular weight is 504 g/mol. The van der Waals surface area contributed by atoms with Crippen LogP contribution in [0.5, 0.6) is 0 Å². The van der Waals surface area contributed by atoms with E-state index in [9.17, 15) is 9.59 Å². The van der Waals surface area contributed by atoms with E-state index in [0.717, 1.165) is 37.8 Å². The number of ether oxygens (including phenoxy) is 2. The quantitative estimate of drug-likeness (QED) is 0.337. The summed E-state index contributed by atoms with van der Waals surface area (Å²) in [6, 6.07) is -0.713. The molecule has 3 unspecified atom stereocenters. The van der Waals surface area contributed by atoms with Gasteiger partial charge in [0, 0.05) is 30.8 Å². The normalized spacial score (nSPS) is 18.9. The van der Waals surface area contributed by atoms with E-state index in [-0.39, 0.29) is 30.6 Å². The van der Waals surface area contributed by atoms with Crippen LogP contribution in [0.1, 0.15) is 71.2 Å². The third-order valence-corrected chi connectivity index (χ3v) is 6.05. The zero-order valence-corrected chi connectivity index (χ0v) is 21.9. The van der Waals surface area contributed by atoms with Gasteiger partial charge in [-0.2, -0.15) is 0 Å². The number of carbonyl (C=O) groups is 2. The molecule has 3 atom stereocenters. The van der Waals surface area contributed by atoms with Gasteiger partial charge >= 0.3 is 0 Å². The number of carbonyl (C=O) groups excluding carboxylic acids is 2. The number of rotatable bonds is 14. The molecule has 0 radical (unpaired) electrons. The van der Waals surface area contributed by atoms with E-state index in [1.807, 2.05) is 6.20 Å². The minimum absolute atomic E-state index is 0.116. The molecule has 0 spiro atoms. The lowest BCUT2D eigenvalue weighted by Gasteiger charge is -2.30. The topological polar surface area (TPSA) is 136 Å². The van der Waals surface area contributed by atoms with Gasteiger partial charge in [0.05, 0.1) is 31.8 Å². The maximum atomic E-state index is 12.8. The Morgan fingerprint density at radius 1 is 1.25 bits per heavy atom. The fourth-order valence-corrected chi connectivity index (χ4v) is 4.12. The number of amides is 2. The minimum atomic E-state index is -0.713. The van der Waals surface area contributed by atoms with Crippen LogP contribution in [0.25, 0.3) is 0 Å². The molecule has 3 N–H and O–H groups in total. The number of nitrogens with one attached hydrogen (secondary N) is 3. The van der Waals surface area contributed by atoms with Crippen LogP contribution >= 0.6 is 0 Å². The third kappa shape index (κ3) is 9.34. The maximum Gasteiger partial charge on any atom is 0.243 e. The van der Waals surface area contributed by atoms with E-state index in [1.165, 1.54) is 0 Å². The third-order valence-electron chi connectivity index (χ3n) is 6.05. The Bertz CT molecular complexity index is 929. The van der Waals surface area contributed by atoms with Crippen LogP contribution in [0.4, 0.5) is 0 Å². The summed E-state index contributed by atoms with van der Waals surface area (Å²) in [7, 11) is 0. The van der Waals surface area contributed by atoms with Gasteiger partial charge in [-0.25, -0.2) is 4.98 Å². The first kappa shape index (κ1) is 27.8. The predicted octanol–water partition coefficient (Wildman–Crippen LogP) is 2.35. The number of aryl methyl sites for hydroxylation is 1. The van der Waals surface area contributed by atoms with Crippen molar-refractivity contribution in [2.24, 2.45) is 11.8 Å². The summed E-state index contributed by atoms with van der Waals surface area (Å²) in [5.41, 5.74) is 1.41. The van der Waals surface area contributed by atoms with Crippen LogP contribution in [0, 0.1) is 11.8 Å². The smallest absolute Gasteiger partial charge is 0.243 e. The number of aromatic amines is 1. The molecule has 3 rings (SSSR count). The Labute approximate surface area is 213 Å². The Balaban J connectivity index is 1.39. The molecule has 1 aliphatic rings. The van der Waals surface area contributed by atoms with Crippen molar-refractivity contribution >= 4 is 11.8 Å². The molecule has 3 heterocycles. The molecule has 0 aromatic carbocycles. The Hall–Kier alpha value is -2.79. The van der Waals surface area contributed by atoms with Crippen molar-refractivity contribution < 1.29 is 19.1 Å². The SMILES string of the molecule is CC(C)CC1CCCC(OCCCn2cc(CNC(=O)C(Cc3cnc[nH]3)NC(=O)C(C)C)nn2)O1. The molecule has 36 heavy (non-hydrogen) atoms. The van der Waals surface area contributed by atoms with E-state index in [0.29, 0.717) is 37.3 Å². The van der Waals surface area contributed by atoms with Crippen molar-refractivity contribution in [1.82, 2.24) is 35.6 Å². The first-order valence-electron chi connectivity index (χ1n) is 13.0. The average Bonchev–Trinajstić information content (AvgIpc) is 3.51. The Morgan fingerprint density at radius 3 is 2.81 bits per heavy atom. The summed E-state index contributed by atoms with van der Waals surface area (Å²) in [5.74, 6) is -0.0696. The van der Waals surface area contributed by atoms with Crippen LogP contribution in [0.3, 0.4) is 0 Å². The molecule has 200 valence electrons. The van der Waals surface area contributed by atoms with Gasteiger partial charge in [-0.3, -0.25) is 14.3 Å². The molecule has 2 amide bonds. The summed E-state index contributed by atoms with van der Waals surface area (Å²) in [6.45, 7) is 9.49. The summed E-state index contributed by atoms with van der Waals surface area (Å²) < 4.78 is 13.8. The van der Waals surface area contributed by atoms with Crippen LogP contribution in [0.2, 0.25) is 0 Å². The zero-order chi connectivity index (χ0) is 25.9. The molecule has 1 aliphatic heterocycles. The van der Waals surface area contributed by atoms with Gasteiger partial charge < -0.3 is 25.1 Å². The molecule has 0 aliphatic carbocycles. The van der Waals surface area contributed by atoms with Crippen molar-refractivity contribution in [1.29, 1.82) is 0 Å². The first-order chi connectivity index (χ1) is 17.3. The fraction of sp³-hybridized carbons (Fsp3) is 0.720. The van der Waals surface area contributed by atoms with Crippen LogP contribution < -0.4 is 10.6 Å². The van der Waals surface area contributed by atoms with Gasteiger partial charge in [0.25, 0.3) is 0 Å². The standard InChI is InChI=1S/C25H41N7O4/c1-17(2)11-21-7-5-8-23(36-21)35-10-6-9-32-15-20(30-31-32)14-27-25(34)22(29-24(33)18(3)4)12-19-13-26-16-28-19/h13,15-18,21-23H,5-12,14H2,1-4H3,(H,26,28)(H,27,34)(H,29,33). The molecule has 2 aromatic rings. The first-order valence-corrected chi connectivity index (χ1v) is 13.0. The van der Waals surface area contributed by atoms with Gasteiger partial charge in [0.15, 0.2) is 6.29 Å². The van der Waals surface area contributed by atoms with Gasteiger partial charge in [-0.05, 0) is 38.0 Å². The lowest BCUT2D eigenvalue weighted by molar-refractivity contribution is -0.197. The number of aromatic nitrogens is 5. The number of hydrogen-bond donors (Lipinski definition) is 3. The highest BCUT2D eigenvalue weighted by molar-refractivity contribution is 5.88. The highest BCUT2D eigenvalue weighted by atomic mass is 16.7. The second-order valence-electron chi connectivity index (χ2n) is 10.2. The minimum Gasteiger partial charge on any atom is -0.353 e. The largest absolute Gasteiger partial charge is 0.353 e. The zero-order valence-electron chi connectivity index (χ0n) is 21.9. The molecule has 1 saturated heterocycles. The molecule has 1 fully saturated rings. The molecule has 11 heteroatoms. The lowest BCUT2D eigenvalue weighted by Crippen LogP contribution is -2.49. The van der Waals surface area contributed by atoms with E-state index in [2.05, 4.69) is 44.8 Å². The van der Waals surface area contributed by atoms with Crippen LogP contribution in [-0.4, -0.2) is 61.8 Å². The van der Waals surface area contributed by atoms with E-state index in [4.69, 9.17) is 9.47 Å². The highest BCUT2D eigenvalue weighted by Gasteiger charge is 2.24. The second kappa shape index (κ2) is 14.1. The van der Waals surface area contributed by atoms with Crippen LogP contribution in [-0.2, 0) is 38.6 Å². The van der Waals surface area contributed by atoms with E-state index in [1.54, 1.807) is 31.1 Å². The number of imidazole rings is 1. The molecular weight excluding hydrogens is 462 g/mol. The van der Waals surface area contributed by atoms with Crippen molar-refractivity contribution in [3.05, 3.63) is 30.1 Å². The lowest BCUT2D eigenvalue weighted by atomic mass is 9.99. The fourth-order valence-electron chi connectivity index (χ4n) is 4.12. The van der Waals surface area contributed by atoms with E-state index < -0.39 is 6.04 Å². The summed E-state index contributed by atoms with van der Waals surface area (Å²) >= 11 is 0. The van der Waals surface area contributed by atoms with Crippen molar-refractivity contribution in [2.75, 3.05) is 6.61 Å². The Kier molecular flexibility index (Phi) is 10.9. The number of hydrogen-bond acceptors (Lipinski definition) is 7.